The molecule has 0 aliphatic rings. The monoisotopic (exact) mass is 324 g/mol. The molecule has 0 aliphatic heterocycles. The highest BCUT2D eigenvalue weighted by Crippen LogP contribution is 2.34. The molecule has 3 aromatic rings. The molecule has 0 fully saturated rings. The summed E-state index contributed by atoms with van der Waals surface area (Å²) < 4.78 is 10.8. The minimum atomic E-state index is 0.0184. The molecule has 2 aromatic heterocycles. The van der Waals surface area contributed by atoms with E-state index in [1.165, 1.54) is 0 Å². The summed E-state index contributed by atoms with van der Waals surface area (Å²) in [5, 5.41) is 3.42. The number of nitrogens with one attached hydrogen (secondary N) is 1. The van der Waals surface area contributed by atoms with Gasteiger partial charge in [-0.15, -0.1) is 0 Å². The van der Waals surface area contributed by atoms with E-state index in [9.17, 15) is 0 Å². The van der Waals surface area contributed by atoms with E-state index in [-0.39, 0.29) is 6.04 Å². The SMILES string of the molecule is COc1cc(C)c(C(C)Nc2nccc3nccnc23)cc1OC. The summed E-state index contributed by atoms with van der Waals surface area (Å²) >= 11 is 0. The van der Waals surface area contributed by atoms with E-state index >= 15 is 0 Å². The van der Waals surface area contributed by atoms with Gasteiger partial charge < -0.3 is 14.8 Å². The molecule has 0 saturated carbocycles. The van der Waals surface area contributed by atoms with Gasteiger partial charge >= 0.3 is 0 Å². The Morgan fingerprint density at radius 1 is 0.958 bits per heavy atom. The fraction of sp³-hybridized carbons (Fsp3) is 0.278. The Hall–Kier alpha value is -2.89. The number of rotatable bonds is 5. The van der Waals surface area contributed by atoms with Crippen molar-refractivity contribution in [1.29, 1.82) is 0 Å². The Labute approximate surface area is 140 Å². The van der Waals surface area contributed by atoms with E-state index in [4.69, 9.17) is 9.47 Å². The van der Waals surface area contributed by atoms with Gasteiger partial charge in [0, 0.05) is 18.6 Å². The van der Waals surface area contributed by atoms with Crippen molar-refractivity contribution in [2.24, 2.45) is 0 Å². The summed E-state index contributed by atoms with van der Waals surface area (Å²) in [6, 6.07) is 5.83. The van der Waals surface area contributed by atoms with Crippen LogP contribution in [0.3, 0.4) is 0 Å². The van der Waals surface area contributed by atoms with Crippen LogP contribution in [0.15, 0.2) is 36.8 Å². The van der Waals surface area contributed by atoms with Crippen molar-refractivity contribution in [3.05, 3.63) is 47.9 Å². The van der Waals surface area contributed by atoms with Crippen molar-refractivity contribution < 1.29 is 9.47 Å². The van der Waals surface area contributed by atoms with Gasteiger partial charge in [0.05, 0.1) is 25.8 Å². The second-order valence-corrected chi connectivity index (χ2v) is 5.51. The number of methoxy groups -OCH3 is 2. The Kier molecular flexibility index (Phi) is 4.46. The first-order valence-corrected chi connectivity index (χ1v) is 7.68. The molecule has 0 amide bonds. The third kappa shape index (κ3) is 2.95. The molecule has 2 heterocycles. The molecule has 0 bridgehead atoms. The maximum atomic E-state index is 5.41. The highest BCUT2D eigenvalue weighted by atomic mass is 16.5. The topological polar surface area (TPSA) is 69.2 Å². The van der Waals surface area contributed by atoms with Gasteiger partial charge in [0.1, 0.15) is 5.52 Å². The Bertz CT molecular complexity index is 862. The third-order valence-corrected chi connectivity index (χ3v) is 3.98. The first-order valence-electron chi connectivity index (χ1n) is 7.68. The van der Waals surface area contributed by atoms with E-state index in [1.807, 2.05) is 25.1 Å². The van der Waals surface area contributed by atoms with Crippen molar-refractivity contribution >= 4 is 16.9 Å². The molecule has 124 valence electrons. The van der Waals surface area contributed by atoms with Crippen LogP contribution in [0, 0.1) is 6.92 Å². The molecule has 1 aromatic carbocycles. The minimum Gasteiger partial charge on any atom is -0.493 e. The summed E-state index contributed by atoms with van der Waals surface area (Å²) in [4.78, 5) is 13.1. The lowest BCUT2D eigenvalue weighted by atomic mass is 10.0. The predicted molar refractivity (Wildman–Crippen MR) is 93.7 cm³/mol. The van der Waals surface area contributed by atoms with Crippen LogP contribution in [0.2, 0.25) is 0 Å². The number of benzene rings is 1. The smallest absolute Gasteiger partial charge is 0.161 e. The quantitative estimate of drug-likeness (QED) is 0.774. The Balaban J connectivity index is 1.96. The lowest BCUT2D eigenvalue weighted by Crippen LogP contribution is -2.11. The summed E-state index contributed by atoms with van der Waals surface area (Å²) in [5.74, 6) is 2.14. The average Bonchev–Trinajstić information content (AvgIpc) is 2.61. The van der Waals surface area contributed by atoms with Crippen molar-refractivity contribution in [2.45, 2.75) is 19.9 Å². The second-order valence-electron chi connectivity index (χ2n) is 5.51. The first kappa shape index (κ1) is 16.0. The van der Waals surface area contributed by atoms with E-state index in [0.29, 0.717) is 11.6 Å². The van der Waals surface area contributed by atoms with Crippen molar-refractivity contribution in [2.75, 3.05) is 19.5 Å². The van der Waals surface area contributed by atoms with E-state index in [1.54, 1.807) is 32.8 Å². The third-order valence-electron chi connectivity index (χ3n) is 3.98. The number of hydrogen-bond donors (Lipinski definition) is 1. The summed E-state index contributed by atoms with van der Waals surface area (Å²) in [7, 11) is 3.27. The van der Waals surface area contributed by atoms with Crippen LogP contribution in [0.1, 0.15) is 24.1 Å². The molecule has 24 heavy (non-hydrogen) atoms. The number of aryl methyl sites for hydroxylation is 1. The largest absolute Gasteiger partial charge is 0.493 e. The highest BCUT2D eigenvalue weighted by Gasteiger charge is 2.15. The fourth-order valence-corrected chi connectivity index (χ4v) is 2.75. The first-order chi connectivity index (χ1) is 11.6. The molecule has 1 unspecified atom stereocenters. The molecular weight excluding hydrogens is 304 g/mol. The number of hydrogen-bond acceptors (Lipinski definition) is 6. The Morgan fingerprint density at radius 2 is 1.67 bits per heavy atom. The van der Waals surface area contributed by atoms with E-state index < -0.39 is 0 Å². The molecule has 0 aliphatic carbocycles. The van der Waals surface area contributed by atoms with Gasteiger partial charge in [-0.25, -0.2) is 9.97 Å². The Morgan fingerprint density at radius 3 is 2.42 bits per heavy atom. The zero-order chi connectivity index (χ0) is 17.1. The molecule has 1 atom stereocenters. The van der Waals surface area contributed by atoms with Gasteiger partial charge in [-0.05, 0) is 43.2 Å². The van der Waals surface area contributed by atoms with Gasteiger partial charge in [0.2, 0.25) is 0 Å². The van der Waals surface area contributed by atoms with Gasteiger partial charge in [-0.2, -0.15) is 0 Å². The van der Waals surface area contributed by atoms with Crippen LogP contribution in [0.25, 0.3) is 11.0 Å². The maximum absolute atomic E-state index is 5.41. The lowest BCUT2D eigenvalue weighted by molar-refractivity contribution is 0.354. The molecule has 0 radical (unpaired) electrons. The number of anilines is 1. The molecule has 6 nitrogen and oxygen atoms in total. The molecule has 0 saturated heterocycles. The van der Waals surface area contributed by atoms with Crippen LogP contribution in [0.5, 0.6) is 11.5 Å². The molecule has 1 N–H and O–H groups in total. The van der Waals surface area contributed by atoms with Crippen molar-refractivity contribution in [3.63, 3.8) is 0 Å². The van der Waals surface area contributed by atoms with Crippen LogP contribution >= 0.6 is 0 Å². The van der Waals surface area contributed by atoms with Gasteiger partial charge in [-0.1, -0.05) is 0 Å². The van der Waals surface area contributed by atoms with Crippen molar-refractivity contribution in [3.8, 4) is 11.5 Å². The number of aromatic nitrogens is 3. The minimum absolute atomic E-state index is 0.0184. The van der Waals surface area contributed by atoms with Gasteiger partial charge in [0.15, 0.2) is 17.3 Å². The maximum Gasteiger partial charge on any atom is 0.161 e. The summed E-state index contributed by atoms with van der Waals surface area (Å²) in [6.45, 7) is 4.12. The molecule has 3 rings (SSSR count). The summed E-state index contributed by atoms with van der Waals surface area (Å²) in [5.41, 5.74) is 3.78. The zero-order valence-electron chi connectivity index (χ0n) is 14.2. The number of fused-ring (bicyclic) bond motifs is 1. The normalized spacial score (nSPS) is 12.0. The van der Waals surface area contributed by atoms with E-state index in [2.05, 4.69) is 27.2 Å². The van der Waals surface area contributed by atoms with Crippen molar-refractivity contribution in [1.82, 2.24) is 15.0 Å². The standard InChI is InChI=1S/C18H20N4O2/c1-11-9-15(23-3)16(24-4)10-13(11)12(2)22-18-17-14(5-6-21-18)19-7-8-20-17/h5-10,12H,1-4H3,(H,21,22). The number of nitrogens with zero attached hydrogens (tertiary/aromatic N) is 3. The van der Waals surface area contributed by atoms with Gasteiger partial charge in [0.25, 0.3) is 0 Å². The predicted octanol–water partition coefficient (Wildman–Crippen LogP) is 3.52. The number of pyridine rings is 1. The molecular formula is C18H20N4O2. The highest BCUT2D eigenvalue weighted by molar-refractivity contribution is 5.84. The average molecular weight is 324 g/mol. The van der Waals surface area contributed by atoms with Gasteiger partial charge in [-0.3, -0.25) is 4.98 Å². The fourth-order valence-electron chi connectivity index (χ4n) is 2.75. The summed E-state index contributed by atoms with van der Waals surface area (Å²) in [6.07, 6.45) is 5.07. The molecule has 6 heteroatoms. The zero-order valence-corrected chi connectivity index (χ0v) is 14.2. The molecule has 0 spiro atoms. The van der Waals surface area contributed by atoms with Crippen LogP contribution < -0.4 is 14.8 Å². The van der Waals surface area contributed by atoms with Crippen LogP contribution in [-0.4, -0.2) is 29.2 Å². The lowest BCUT2D eigenvalue weighted by Gasteiger charge is -2.20. The van der Waals surface area contributed by atoms with Crippen LogP contribution in [-0.2, 0) is 0 Å². The van der Waals surface area contributed by atoms with Crippen LogP contribution in [0.4, 0.5) is 5.82 Å². The second kappa shape index (κ2) is 6.70. The van der Waals surface area contributed by atoms with E-state index in [0.717, 1.165) is 27.9 Å². The number of ether oxygens (including phenoxy) is 2.